The Hall–Kier alpha value is -1.99. The second-order valence-corrected chi connectivity index (χ2v) is 8.12. The quantitative estimate of drug-likeness (QED) is 0.554. The highest BCUT2D eigenvalue weighted by Crippen LogP contribution is 2.30. The highest BCUT2D eigenvalue weighted by Gasteiger charge is 2.23. The van der Waals surface area contributed by atoms with Crippen LogP contribution in [0.25, 0.3) is 5.69 Å². The maximum atomic E-state index is 6.56. The first-order valence-corrected chi connectivity index (χ1v) is 9.28. The maximum Gasteiger partial charge on any atom is 0.210 e. The van der Waals surface area contributed by atoms with Gasteiger partial charge in [0, 0.05) is 16.7 Å². The van der Waals surface area contributed by atoms with Crippen molar-refractivity contribution in [3.8, 4) is 5.69 Å². The molecule has 0 aliphatic heterocycles. The number of rotatable bonds is 4. The number of nitrogens with two attached hydrogens (primary N) is 1. The summed E-state index contributed by atoms with van der Waals surface area (Å²) in [6.45, 7) is 8.12. The highest BCUT2D eigenvalue weighted by atomic mass is 35.5. The van der Waals surface area contributed by atoms with Crippen molar-refractivity contribution in [2.45, 2.75) is 44.0 Å². The number of benzene rings is 1. The van der Waals surface area contributed by atoms with Gasteiger partial charge in [0.25, 0.3) is 0 Å². The summed E-state index contributed by atoms with van der Waals surface area (Å²) >= 11 is 8.06. The van der Waals surface area contributed by atoms with Crippen LogP contribution < -0.4 is 5.84 Å². The smallest absolute Gasteiger partial charge is 0.210 e. The molecule has 0 radical (unpaired) electrons. The predicted molar refractivity (Wildman–Crippen MR) is 102 cm³/mol. The van der Waals surface area contributed by atoms with Crippen LogP contribution in [0, 0.1) is 6.92 Å². The lowest BCUT2D eigenvalue weighted by Gasteiger charge is -2.16. The molecule has 0 aliphatic carbocycles. The van der Waals surface area contributed by atoms with Crippen LogP contribution in [0.3, 0.4) is 0 Å². The average Bonchev–Trinajstić information content (AvgIpc) is 3.06. The molecule has 0 aliphatic rings. The van der Waals surface area contributed by atoms with Crippen molar-refractivity contribution in [2.24, 2.45) is 0 Å². The van der Waals surface area contributed by atoms with Crippen LogP contribution in [0.4, 0.5) is 0 Å². The Morgan fingerprint density at radius 3 is 2.44 bits per heavy atom. The summed E-state index contributed by atoms with van der Waals surface area (Å²) in [6, 6.07) is 9.83. The molecule has 0 saturated carbocycles. The second kappa shape index (κ2) is 6.72. The summed E-state index contributed by atoms with van der Waals surface area (Å²) < 4.78 is 3.30. The Balaban J connectivity index is 1.83. The van der Waals surface area contributed by atoms with Crippen molar-refractivity contribution in [3.05, 3.63) is 52.6 Å². The van der Waals surface area contributed by atoms with E-state index in [1.54, 1.807) is 9.36 Å². The van der Waals surface area contributed by atoms with Gasteiger partial charge in [-0.15, -0.1) is 10.2 Å². The van der Waals surface area contributed by atoms with Gasteiger partial charge >= 0.3 is 0 Å². The SMILES string of the molecule is Cc1nn(-c2ccccc2)c(Cl)c1CSc1nnc(C(C)(C)C)n1N. The molecule has 25 heavy (non-hydrogen) atoms. The minimum absolute atomic E-state index is 0.160. The average molecular weight is 377 g/mol. The molecule has 0 amide bonds. The monoisotopic (exact) mass is 376 g/mol. The van der Waals surface area contributed by atoms with Gasteiger partial charge in [-0.25, -0.2) is 9.36 Å². The molecule has 0 fully saturated rings. The van der Waals surface area contributed by atoms with E-state index in [9.17, 15) is 0 Å². The third-order valence-electron chi connectivity index (χ3n) is 3.80. The number of nitrogens with zero attached hydrogens (tertiary/aromatic N) is 5. The van der Waals surface area contributed by atoms with Crippen molar-refractivity contribution in [1.82, 2.24) is 24.7 Å². The molecular weight excluding hydrogens is 356 g/mol. The number of nitrogen functional groups attached to an aromatic ring is 1. The number of hydrogen-bond donors (Lipinski definition) is 1. The summed E-state index contributed by atoms with van der Waals surface area (Å²) in [5, 5.41) is 14.2. The molecular formula is C17H21ClN6S. The molecule has 3 aromatic rings. The van der Waals surface area contributed by atoms with Gasteiger partial charge in [-0.1, -0.05) is 62.3 Å². The molecule has 0 atom stereocenters. The van der Waals surface area contributed by atoms with Crippen molar-refractivity contribution in [3.63, 3.8) is 0 Å². The molecule has 132 valence electrons. The molecule has 6 nitrogen and oxygen atoms in total. The second-order valence-electron chi connectivity index (χ2n) is 6.82. The summed E-state index contributed by atoms with van der Waals surface area (Å²) in [4.78, 5) is 0. The molecule has 2 aromatic heterocycles. The molecule has 1 aromatic carbocycles. The van der Waals surface area contributed by atoms with Crippen LogP contribution in [-0.4, -0.2) is 24.7 Å². The zero-order valence-electron chi connectivity index (χ0n) is 14.7. The normalized spacial score (nSPS) is 11.9. The number of aromatic nitrogens is 5. The van der Waals surface area contributed by atoms with E-state index in [4.69, 9.17) is 17.4 Å². The number of thioether (sulfide) groups is 1. The van der Waals surface area contributed by atoms with Gasteiger partial charge in [0.1, 0.15) is 5.15 Å². The van der Waals surface area contributed by atoms with Gasteiger partial charge in [-0.3, -0.25) is 0 Å². The van der Waals surface area contributed by atoms with Crippen LogP contribution >= 0.6 is 23.4 Å². The zero-order chi connectivity index (χ0) is 18.2. The first-order valence-electron chi connectivity index (χ1n) is 7.92. The van der Waals surface area contributed by atoms with Crippen LogP contribution in [0.2, 0.25) is 5.15 Å². The number of hydrogen-bond acceptors (Lipinski definition) is 5. The summed E-state index contributed by atoms with van der Waals surface area (Å²) in [5.74, 6) is 7.51. The Morgan fingerprint density at radius 1 is 1.16 bits per heavy atom. The molecule has 0 saturated heterocycles. The molecule has 3 rings (SSSR count). The number of aryl methyl sites for hydroxylation is 1. The fraction of sp³-hybridized carbons (Fsp3) is 0.353. The molecule has 0 spiro atoms. The van der Waals surface area contributed by atoms with Crippen molar-refractivity contribution < 1.29 is 0 Å². The van der Waals surface area contributed by atoms with E-state index in [1.165, 1.54) is 11.8 Å². The van der Waals surface area contributed by atoms with Crippen LogP contribution in [0.1, 0.15) is 37.9 Å². The molecule has 0 bridgehead atoms. The fourth-order valence-electron chi connectivity index (χ4n) is 2.46. The van der Waals surface area contributed by atoms with Crippen molar-refractivity contribution in [2.75, 3.05) is 5.84 Å². The van der Waals surface area contributed by atoms with E-state index in [-0.39, 0.29) is 5.41 Å². The number of halogens is 1. The fourth-order valence-corrected chi connectivity index (χ4v) is 3.82. The zero-order valence-corrected chi connectivity index (χ0v) is 16.3. The Bertz CT molecular complexity index is 879. The summed E-state index contributed by atoms with van der Waals surface area (Å²) in [7, 11) is 0. The predicted octanol–water partition coefficient (Wildman–Crippen LogP) is 3.73. The van der Waals surface area contributed by atoms with E-state index in [1.807, 2.05) is 37.3 Å². The third-order valence-corrected chi connectivity index (χ3v) is 5.16. The van der Waals surface area contributed by atoms with E-state index >= 15 is 0 Å². The lowest BCUT2D eigenvalue weighted by molar-refractivity contribution is 0.523. The third kappa shape index (κ3) is 3.52. The first-order chi connectivity index (χ1) is 11.8. The molecule has 8 heteroatoms. The minimum atomic E-state index is -0.160. The van der Waals surface area contributed by atoms with Gasteiger partial charge in [-0.05, 0) is 19.1 Å². The molecule has 0 unspecified atom stereocenters. The molecule has 2 heterocycles. The Labute approximate surface area is 156 Å². The largest absolute Gasteiger partial charge is 0.336 e. The first kappa shape index (κ1) is 17.8. The van der Waals surface area contributed by atoms with E-state index in [0.717, 1.165) is 22.8 Å². The lowest BCUT2D eigenvalue weighted by Crippen LogP contribution is -2.24. The van der Waals surface area contributed by atoms with Gasteiger partial charge in [0.15, 0.2) is 5.82 Å². The van der Waals surface area contributed by atoms with Gasteiger partial charge in [0.05, 0.1) is 11.4 Å². The highest BCUT2D eigenvalue weighted by molar-refractivity contribution is 7.98. The van der Waals surface area contributed by atoms with Crippen LogP contribution in [0.15, 0.2) is 35.5 Å². The van der Waals surface area contributed by atoms with Crippen molar-refractivity contribution in [1.29, 1.82) is 0 Å². The van der Waals surface area contributed by atoms with Gasteiger partial charge in [-0.2, -0.15) is 5.10 Å². The van der Waals surface area contributed by atoms with Crippen LogP contribution in [-0.2, 0) is 11.2 Å². The van der Waals surface area contributed by atoms with E-state index in [2.05, 4.69) is 36.1 Å². The summed E-state index contributed by atoms with van der Waals surface area (Å²) in [5.41, 5.74) is 2.63. The molecule has 2 N–H and O–H groups in total. The van der Waals surface area contributed by atoms with Crippen molar-refractivity contribution >= 4 is 23.4 Å². The Kier molecular flexibility index (Phi) is 4.79. The van der Waals surface area contributed by atoms with E-state index < -0.39 is 0 Å². The Morgan fingerprint density at radius 2 is 1.84 bits per heavy atom. The van der Waals surface area contributed by atoms with E-state index in [0.29, 0.717) is 16.1 Å². The maximum absolute atomic E-state index is 6.56. The van der Waals surface area contributed by atoms with Crippen LogP contribution in [0.5, 0.6) is 0 Å². The minimum Gasteiger partial charge on any atom is -0.336 e. The topological polar surface area (TPSA) is 74.5 Å². The van der Waals surface area contributed by atoms with Gasteiger partial charge < -0.3 is 5.84 Å². The van der Waals surface area contributed by atoms with Gasteiger partial charge in [0.2, 0.25) is 5.16 Å². The lowest BCUT2D eigenvalue weighted by atomic mass is 9.96. The summed E-state index contributed by atoms with van der Waals surface area (Å²) in [6.07, 6.45) is 0. The standard InChI is InChI=1S/C17H21ClN6S/c1-11-13(14(18)24(22-11)12-8-6-5-7-9-12)10-25-16-21-20-15(23(16)19)17(2,3)4/h5-9H,10,19H2,1-4H3. The number of para-hydroxylation sites is 1.